The van der Waals surface area contributed by atoms with Crippen LogP contribution in [0.2, 0.25) is 0 Å². The van der Waals surface area contributed by atoms with Crippen LogP contribution in [-0.2, 0) is 21.7 Å². The van der Waals surface area contributed by atoms with E-state index < -0.39 is 0 Å². The van der Waals surface area contributed by atoms with E-state index >= 15 is 0 Å². The van der Waals surface area contributed by atoms with Crippen LogP contribution in [-0.4, -0.2) is 18.3 Å². The average molecular weight is 1640 g/mol. The number of rotatable bonds is 8. The number of nitrogens with zero attached hydrogens (tertiary/aromatic N) is 4. The smallest absolute Gasteiger partial charge is 0.0541 e. The molecule has 0 spiro atoms. The summed E-state index contributed by atoms with van der Waals surface area (Å²) in [7, 11) is 0. The molecule has 27 rings (SSSR count). The topological polar surface area (TPSA) is 19.7 Å². The maximum absolute atomic E-state index is 2.47. The molecule has 4 aromatic heterocycles. The van der Waals surface area contributed by atoms with Gasteiger partial charge in [0.05, 0.1) is 44.1 Å². The number of hydrogen-bond acceptors (Lipinski definition) is 0. The first-order chi connectivity index (χ1) is 62.5. The minimum Gasteiger partial charge on any atom is -0.309 e. The summed E-state index contributed by atoms with van der Waals surface area (Å²) >= 11 is 0. The molecule has 0 fully saturated rings. The Hall–Kier alpha value is -15.4. The van der Waals surface area contributed by atoms with Gasteiger partial charge in [-0.25, -0.2) is 0 Å². The minimum absolute atomic E-state index is 0.0533. The van der Waals surface area contributed by atoms with Crippen molar-refractivity contribution in [1.82, 2.24) is 18.3 Å². The van der Waals surface area contributed by atoms with E-state index in [0.29, 0.717) is 0 Å². The van der Waals surface area contributed by atoms with Crippen LogP contribution >= 0.6 is 0 Å². The average Bonchev–Trinajstić information content (AvgIpc) is 1.58. The van der Waals surface area contributed by atoms with E-state index in [0.717, 1.165) is 5.69 Å². The van der Waals surface area contributed by atoms with Gasteiger partial charge < -0.3 is 18.3 Å². The third kappa shape index (κ3) is 10.7. The maximum atomic E-state index is 2.47. The van der Waals surface area contributed by atoms with Crippen molar-refractivity contribution in [2.75, 3.05) is 0 Å². The van der Waals surface area contributed by atoms with Crippen molar-refractivity contribution in [2.45, 2.75) is 77.0 Å². The standard InChI is InChI=1S/C64H46N2.C60H44N2/c1-63(2)55-18-10-7-15-47(55)49-28-22-44(37-57(49)63)43-25-32-62-54(36-43)53-35-42(24-31-61(53)65(62)45-26-21-39-13-5-6-14-40(39)33-45)41-23-30-60-52(34-41)51-17-9-12-20-59(51)66(60)46-27-29-50-48-16-8-11-19-56(48)64(3,4)58(50)38-46;1-59(2)51-19-11-8-16-43(51)45-27-22-40(35-53(45)59)39-25-31-58-50(34-39)49-33-38(24-30-57(49)61(58)41-14-6-5-7-15-41)37-23-29-56-48(32-37)47-18-10-13-21-55(47)62(56)42-26-28-46-44-17-9-12-20-52(44)60(3,4)54(46)36-42/h5-38H,1-4H3;5-36H,1-4H3. The Kier molecular flexibility index (Phi) is 15.7. The fraction of sp³-hybridized carbons (Fsp3) is 0.0968. The molecule has 23 aromatic rings. The normalized spacial score (nSPS) is 14.3. The molecule has 0 amide bonds. The van der Waals surface area contributed by atoms with Crippen LogP contribution in [0.25, 0.3) is 210 Å². The fourth-order valence-corrected chi connectivity index (χ4v) is 23.5. The van der Waals surface area contributed by atoms with Crippen LogP contribution < -0.4 is 0 Å². The highest BCUT2D eigenvalue weighted by Crippen LogP contribution is 2.56. The molecular weight excluding hydrogens is 1550 g/mol. The quantitative estimate of drug-likeness (QED) is 0.144. The molecular formula is C124H90N4. The predicted molar refractivity (Wildman–Crippen MR) is 540 cm³/mol. The van der Waals surface area contributed by atoms with Gasteiger partial charge in [-0.15, -0.1) is 0 Å². The Balaban J connectivity index is 0.000000136. The molecule has 0 bridgehead atoms. The van der Waals surface area contributed by atoms with Crippen molar-refractivity contribution < 1.29 is 0 Å². The summed E-state index contributed by atoms with van der Waals surface area (Å²) < 4.78 is 9.81. The SMILES string of the molecule is CC1(C)c2ccccc2-c2ccc(-c3ccc4c(c3)c3cc(-c5ccc6c(c5)c5ccccc5n6-c5ccc6c(c5)C(C)(C)c5ccccc5-6)ccc3n4-c3ccc4ccccc4c3)cc21.CC1(C)c2ccccc2-c2ccc(-c3ccc4c(c3)c3cc(-c5ccc6c(c5)c5ccccc5n6-c5ccc6c(c5)C(C)(C)c5ccccc5-6)ccc3n4-c3ccccc3)cc21. The zero-order valence-corrected chi connectivity index (χ0v) is 72.9. The Labute approximate surface area is 744 Å². The maximum Gasteiger partial charge on any atom is 0.0541 e. The molecule has 0 N–H and O–H groups in total. The molecule has 0 saturated carbocycles. The lowest BCUT2D eigenvalue weighted by atomic mass is 9.81. The molecule has 128 heavy (non-hydrogen) atoms. The van der Waals surface area contributed by atoms with Crippen LogP contribution in [0.3, 0.4) is 0 Å². The van der Waals surface area contributed by atoms with Crippen molar-refractivity contribution in [1.29, 1.82) is 0 Å². The van der Waals surface area contributed by atoms with Gasteiger partial charge >= 0.3 is 0 Å². The molecule has 0 unspecified atom stereocenters. The molecule has 0 radical (unpaired) electrons. The summed E-state index contributed by atoms with van der Waals surface area (Å²) in [5.74, 6) is 0. The number of aromatic nitrogens is 4. The Bertz CT molecular complexity index is 8760. The van der Waals surface area contributed by atoms with Crippen LogP contribution in [0.1, 0.15) is 99.9 Å². The number of para-hydroxylation sites is 3. The molecule has 0 aliphatic heterocycles. The van der Waals surface area contributed by atoms with Crippen molar-refractivity contribution in [3.63, 3.8) is 0 Å². The fourth-order valence-electron chi connectivity index (χ4n) is 23.5. The zero-order valence-electron chi connectivity index (χ0n) is 72.9. The minimum atomic E-state index is -0.0741. The molecule has 4 heteroatoms. The van der Waals surface area contributed by atoms with Crippen LogP contribution in [0.5, 0.6) is 0 Å². The monoisotopic (exact) mass is 1630 g/mol. The summed E-state index contributed by atoms with van der Waals surface area (Å²) in [4.78, 5) is 0. The van der Waals surface area contributed by atoms with E-state index in [1.165, 1.54) is 249 Å². The molecule has 4 nitrogen and oxygen atoms in total. The molecule has 606 valence electrons. The molecule has 4 aliphatic rings. The van der Waals surface area contributed by atoms with E-state index in [4.69, 9.17) is 0 Å². The van der Waals surface area contributed by atoms with Gasteiger partial charge in [-0.05, 0) is 290 Å². The molecule has 0 atom stereocenters. The first kappa shape index (κ1) is 74.1. The summed E-state index contributed by atoms with van der Waals surface area (Å²) in [6, 6.07) is 150. The van der Waals surface area contributed by atoms with Gasteiger partial charge in [0.25, 0.3) is 0 Å². The largest absolute Gasteiger partial charge is 0.309 e. The summed E-state index contributed by atoms with van der Waals surface area (Å²) in [6.07, 6.45) is 0. The first-order valence-corrected chi connectivity index (χ1v) is 45.3. The highest BCUT2D eigenvalue weighted by atomic mass is 15.0. The third-order valence-electron chi connectivity index (χ3n) is 30.0. The summed E-state index contributed by atoms with van der Waals surface area (Å²) in [5.41, 5.74) is 45.9. The van der Waals surface area contributed by atoms with E-state index in [2.05, 4.69) is 474 Å². The van der Waals surface area contributed by atoms with Crippen molar-refractivity contribution in [3.8, 4) is 112 Å². The highest BCUT2D eigenvalue weighted by Gasteiger charge is 2.40. The van der Waals surface area contributed by atoms with Gasteiger partial charge in [0, 0.05) is 87.5 Å². The third-order valence-corrected chi connectivity index (χ3v) is 30.0. The van der Waals surface area contributed by atoms with Gasteiger partial charge in [0.1, 0.15) is 0 Å². The van der Waals surface area contributed by atoms with E-state index in [-0.39, 0.29) is 21.7 Å². The van der Waals surface area contributed by atoms with E-state index in [1.54, 1.807) is 0 Å². The first-order valence-electron chi connectivity index (χ1n) is 45.3. The lowest BCUT2D eigenvalue weighted by Crippen LogP contribution is -2.15. The van der Waals surface area contributed by atoms with Gasteiger partial charge in [0.2, 0.25) is 0 Å². The summed E-state index contributed by atoms with van der Waals surface area (Å²) in [5, 5.41) is 12.5. The molecule has 0 saturated heterocycles. The molecule has 19 aromatic carbocycles. The Morgan fingerprint density at radius 3 is 0.734 bits per heavy atom. The van der Waals surface area contributed by atoms with Gasteiger partial charge in [0.15, 0.2) is 0 Å². The zero-order chi connectivity index (χ0) is 85.5. The van der Waals surface area contributed by atoms with Gasteiger partial charge in [-0.1, -0.05) is 310 Å². The molecule has 4 heterocycles. The molecule has 4 aliphatic carbocycles. The van der Waals surface area contributed by atoms with Crippen LogP contribution in [0, 0.1) is 0 Å². The number of fused-ring (bicyclic) bond motifs is 25. The Morgan fingerprint density at radius 1 is 0.141 bits per heavy atom. The Morgan fingerprint density at radius 2 is 0.375 bits per heavy atom. The summed E-state index contributed by atoms with van der Waals surface area (Å²) in [6.45, 7) is 18.9. The second-order valence-corrected chi connectivity index (χ2v) is 38.3. The number of hydrogen-bond donors (Lipinski definition) is 0. The van der Waals surface area contributed by atoms with Gasteiger partial charge in [-0.3, -0.25) is 0 Å². The van der Waals surface area contributed by atoms with Crippen molar-refractivity contribution >= 4 is 98.0 Å². The second-order valence-electron chi connectivity index (χ2n) is 38.3. The van der Waals surface area contributed by atoms with E-state index in [9.17, 15) is 0 Å². The van der Waals surface area contributed by atoms with Crippen LogP contribution in [0.4, 0.5) is 0 Å². The van der Waals surface area contributed by atoms with E-state index in [1.807, 2.05) is 0 Å². The van der Waals surface area contributed by atoms with Crippen molar-refractivity contribution in [3.05, 3.63) is 445 Å². The number of benzene rings is 19. The highest BCUT2D eigenvalue weighted by molar-refractivity contribution is 6.16. The van der Waals surface area contributed by atoms with Crippen molar-refractivity contribution in [2.24, 2.45) is 0 Å². The second kappa shape index (κ2) is 27.1. The predicted octanol–water partition coefficient (Wildman–Crippen LogP) is 32.8. The lowest BCUT2D eigenvalue weighted by Gasteiger charge is -2.22. The van der Waals surface area contributed by atoms with Crippen LogP contribution in [0.15, 0.2) is 400 Å². The lowest BCUT2D eigenvalue weighted by molar-refractivity contribution is 0.660. The van der Waals surface area contributed by atoms with Gasteiger partial charge in [-0.2, -0.15) is 0 Å².